The number of anilines is 1. The third-order valence-electron chi connectivity index (χ3n) is 4.83. The second kappa shape index (κ2) is 5.55. The molecule has 0 spiro atoms. The van der Waals surface area contributed by atoms with E-state index in [2.05, 4.69) is 56.0 Å². The monoisotopic (exact) mass is 284 g/mol. The highest BCUT2D eigenvalue weighted by molar-refractivity contribution is 5.56. The lowest BCUT2D eigenvalue weighted by Gasteiger charge is -2.21. The van der Waals surface area contributed by atoms with E-state index < -0.39 is 0 Å². The van der Waals surface area contributed by atoms with Crippen molar-refractivity contribution in [3.05, 3.63) is 46.8 Å². The molecule has 1 aliphatic carbocycles. The molecule has 1 aromatic carbocycles. The molecule has 0 saturated carbocycles. The highest BCUT2D eigenvalue weighted by atomic mass is 16.5. The van der Waals surface area contributed by atoms with Gasteiger partial charge < -0.3 is 9.42 Å². The molecule has 2 unspecified atom stereocenters. The largest absolute Gasteiger partial charge is 0.368 e. The van der Waals surface area contributed by atoms with E-state index in [-0.39, 0.29) is 0 Å². The van der Waals surface area contributed by atoms with Crippen molar-refractivity contribution in [1.29, 1.82) is 0 Å². The molecule has 3 rings (SSSR count). The molecule has 0 amide bonds. The van der Waals surface area contributed by atoms with Crippen LogP contribution in [0.25, 0.3) is 0 Å². The zero-order chi connectivity index (χ0) is 15.0. The lowest BCUT2D eigenvalue weighted by Crippen LogP contribution is -2.23. The summed E-state index contributed by atoms with van der Waals surface area (Å²) in [5.41, 5.74) is 6.61. The predicted molar refractivity (Wildman–Crippen MR) is 86.1 cm³/mol. The Kier molecular flexibility index (Phi) is 3.75. The van der Waals surface area contributed by atoms with Crippen LogP contribution >= 0.6 is 0 Å². The molecule has 21 heavy (non-hydrogen) atoms. The minimum Gasteiger partial charge on any atom is -0.368 e. The van der Waals surface area contributed by atoms with Gasteiger partial charge in [-0.2, -0.15) is 0 Å². The van der Waals surface area contributed by atoms with Crippen LogP contribution in [0.5, 0.6) is 0 Å². The molecule has 3 nitrogen and oxygen atoms in total. The van der Waals surface area contributed by atoms with E-state index in [0.717, 1.165) is 30.9 Å². The maximum absolute atomic E-state index is 5.33. The van der Waals surface area contributed by atoms with Crippen molar-refractivity contribution in [3.63, 3.8) is 0 Å². The van der Waals surface area contributed by atoms with Gasteiger partial charge in [-0.25, -0.2) is 0 Å². The number of nitrogens with zero attached hydrogens (tertiary/aromatic N) is 2. The zero-order valence-corrected chi connectivity index (χ0v) is 13.4. The number of aromatic nitrogens is 1. The molecular weight excluding hydrogens is 260 g/mol. The summed E-state index contributed by atoms with van der Waals surface area (Å²) < 4.78 is 5.33. The van der Waals surface area contributed by atoms with Gasteiger partial charge in [-0.3, -0.25) is 0 Å². The summed E-state index contributed by atoms with van der Waals surface area (Å²) in [6.07, 6.45) is 2.93. The van der Waals surface area contributed by atoms with Crippen molar-refractivity contribution in [2.24, 2.45) is 0 Å². The summed E-state index contributed by atoms with van der Waals surface area (Å²) >= 11 is 0. The Morgan fingerprint density at radius 2 is 2.05 bits per heavy atom. The van der Waals surface area contributed by atoms with Crippen LogP contribution in [0.15, 0.2) is 29.0 Å². The van der Waals surface area contributed by atoms with E-state index in [1.165, 1.54) is 16.7 Å². The topological polar surface area (TPSA) is 29.3 Å². The second-order valence-corrected chi connectivity index (χ2v) is 6.02. The Labute approximate surface area is 126 Å². The van der Waals surface area contributed by atoms with Crippen LogP contribution in [0.1, 0.15) is 61.4 Å². The highest BCUT2D eigenvalue weighted by Crippen LogP contribution is 2.47. The fourth-order valence-corrected chi connectivity index (χ4v) is 3.82. The average molecular weight is 284 g/mol. The molecule has 1 heterocycles. The van der Waals surface area contributed by atoms with Crippen LogP contribution in [0, 0.1) is 6.92 Å². The van der Waals surface area contributed by atoms with Crippen LogP contribution in [0.4, 0.5) is 5.69 Å². The van der Waals surface area contributed by atoms with Crippen molar-refractivity contribution < 1.29 is 4.52 Å². The van der Waals surface area contributed by atoms with Gasteiger partial charge in [-0.05, 0) is 49.8 Å². The maximum Gasteiger partial charge on any atom is 0.147 e. The lowest BCUT2D eigenvalue weighted by atomic mass is 9.95. The van der Waals surface area contributed by atoms with Crippen molar-refractivity contribution in [1.82, 2.24) is 5.16 Å². The molecule has 2 atom stereocenters. The average Bonchev–Trinajstić information content (AvgIpc) is 3.06. The van der Waals surface area contributed by atoms with Gasteiger partial charge in [0.1, 0.15) is 17.6 Å². The van der Waals surface area contributed by atoms with Crippen LogP contribution in [-0.4, -0.2) is 18.2 Å². The second-order valence-electron chi connectivity index (χ2n) is 6.02. The molecule has 1 aliphatic rings. The fourth-order valence-electron chi connectivity index (χ4n) is 3.82. The summed E-state index contributed by atoms with van der Waals surface area (Å²) in [5.74, 6) is 0.955. The van der Waals surface area contributed by atoms with Gasteiger partial charge in [-0.1, -0.05) is 30.3 Å². The molecule has 3 heteroatoms. The highest BCUT2D eigenvalue weighted by Gasteiger charge is 2.34. The standard InChI is InChI=1S/C18H24N2O/c1-5-20(6-2)16-11-21-19-18(16)15-10-13(4)17-12(3)8-7-9-14(15)17/h7-9,11,13,15H,5-6,10H2,1-4H3. The number of fused-ring (bicyclic) bond motifs is 1. The van der Waals surface area contributed by atoms with Crippen LogP contribution in [0.2, 0.25) is 0 Å². The van der Waals surface area contributed by atoms with Gasteiger partial charge in [0.25, 0.3) is 0 Å². The Morgan fingerprint density at radius 3 is 2.76 bits per heavy atom. The summed E-state index contributed by atoms with van der Waals surface area (Å²) in [4.78, 5) is 2.32. The normalized spacial score (nSPS) is 20.6. The molecule has 0 saturated heterocycles. The number of benzene rings is 1. The molecule has 0 aliphatic heterocycles. The van der Waals surface area contributed by atoms with Crippen molar-refractivity contribution in [2.45, 2.75) is 46.0 Å². The van der Waals surface area contributed by atoms with Gasteiger partial charge in [0.15, 0.2) is 0 Å². The van der Waals surface area contributed by atoms with Gasteiger partial charge in [0.2, 0.25) is 0 Å². The van der Waals surface area contributed by atoms with E-state index in [4.69, 9.17) is 4.52 Å². The SMILES string of the molecule is CCN(CC)c1conc1C1CC(C)c2c(C)cccc21. The van der Waals surface area contributed by atoms with Crippen molar-refractivity contribution >= 4 is 5.69 Å². The third-order valence-corrected chi connectivity index (χ3v) is 4.83. The number of aryl methyl sites for hydroxylation is 1. The van der Waals surface area contributed by atoms with Crippen molar-refractivity contribution in [2.75, 3.05) is 18.0 Å². The van der Waals surface area contributed by atoms with Crippen LogP contribution in [-0.2, 0) is 0 Å². The van der Waals surface area contributed by atoms with Gasteiger partial charge in [0, 0.05) is 19.0 Å². The summed E-state index contributed by atoms with van der Waals surface area (Å²) in [6, 6.07) is 6.64. The molecule has 1 aromatic heterocycles. The van der Waals surface area contributed by atoms with E-state index in [1.54, 1.807) is 6.26 Å². The number of hydrogen-bond acceptors (Lipinski definition) is 3. The first kappa shape index (κ1) is 14.2. The molecule has 112 valence electrons. The van der Waals surface area contributed by atoms with Crippen LogP contribution in [0.3, 0.4) is 0 Å². The number of rotatable bonds is 4. The van der Waals surface area contributed by atoms with Crippen molar-refractivity contribution in [3.8, 4) is 0 Å². The quantitative estimate of drug-likeness (QED) is 0.829. The van der Waals surface area contributed by atoms with Gasteiger partial charge in [0.05, 0.1) is 0 Å². The molecule has 0 bridgehead atoms. The molecule has 2 aromatic rings. The van der Waals surface area contributed by atoms with E-state index in [0.29, 0.717) is 11.8 Å². The predicted octanol–water partition coefficient (Wildman–Crippen LogP) is 4.47. The summed E-state index contributed by atoms with van der Waals surface area (Å²) in [6.45, 7) is 10.8. The Balaban J connectivity index is 2.05. The molecule has 0 fully saturated rings. The van der Waals surface area contributed by atoms with E-state index >= 15 is 0 Å². The third kappa shape index (κ3) is 2.25. The first-order valence-electron chi connectivity index (χ1n) is 7.95. The first-order valence-corrected chi connectivity index (χ1v) is 7.95. The number of hydrogen-bond donors (Lipinski definition) is 0. The Morgan fingerprint density at radius 1 is 1.29 bits per heavy atom. The van der Waals surface area contributed by atoms with E-state index in [1.807, 2.05) is 0 Å². The smallest absolute Gasteiger partial charge is 0.147 e. The fraction of sp³-hybridized carbons (Fsp3) is 0.500. The summed E-state index contributed by atoms with van der Waals surface area (Å²) in [7, 11) is 0. The van der Waals surface area contributed by atoms with Gasteiger partial charge in [-0.15, -0.1) is 0 Å². The zero-order valence-electron chi connectivity index (χ0n) is 13.4. The minimum absolute atomic E-state index is 0.365. The molecular formula is C18H24N2O. The first-order chi connectivity index (χ1) is 10.2. The maximum atomic E-state index is 5.33. The molecule has 0 radical (unpaired) electrons. The van der Waals surface area contributed by atoms with Crippen LogP contribution < -0.4 is 4.90 Å². The lowest BCUT2D eigenvalue weighted by molar-refractivity contribution is 0.407. The van der Waals surface area contributed by atoms with E-state index in [9.17, 15) is 0 Å². The Bertz CT molecular complexity index is 628. The molecule has 0 N–H and O–H groups in total. The Hall–Kier alpha value is -1.77. The minimum atomic E-state index is 0.365. The van der Waals surface area contributed by atoms with Gasteiger partial charge >= 0.3 is 0 Å². The summed E-state index contributed by atoms with van der Waals surface area (Å²) in [5, 5.41) is 4.36.